The molecule has 1 aliphatic heterocycles. The van der Waals surface area contributed by atoms with Gasteiger partial charge in [-0.1, -0.05) is 48.0 Å². The molecule has 0 radical (unpaired) electrons. The van der Waals surface area contributed by atoms with Gasteiger partial charge in [-0.3, -0.25) is 9.59 Å². The molecule has 4 heteroatoms. The molecule has 0 spiro atoms. The van der Waals surface area contributed by atoms with E-state index in [-0.39, 0.29) is 23.5 Å². The smallest absolute Gasteiger partial charge is 0.264 e. The molecule has 4 fully saturated rings. The van der Waals surface area contributed by atoms with Gasteiger partial charge in [0.15, 0.2) is 5.60 Å². The Morgan fingerprint density at radius 1 is 0.969 bits per heavy atom. The molecular formula is C28H31NO3. The van der Waals surface area contributed by atoms with E-state index in [0.29, 0.717) is 29.9 Å². The third-order valence-electron chi connectivity index (χ3n) is 8.75. The van der Waals surface area contributed by atoms with Crippen molar-refractivity contribution in [2.24, 2.45) is 23.2 Å². The number of amides is 1. The van der Waals surface area contributed by atoms with Crippen LogP contribution in [0.5, 0.6) is 0 Å². The minimum Gasteiger partial charge on any atom is -0.375 e. The van der Waals surface area contributed by atoms with E-state index >= 15 is 0 Å². The van der Waals surface area contributed by atoms with E-state index in [2.05, 4.69) is 0 Å². The third-order valence-corrected chi connectivity index (χ3v) is 8.75. The molecule has 2 aromatic carbocycles. The number of benzene rings is 2. The summed E-state index contributed by atoms with van der Waals surface area (Å²) in [7, 11) is 0. The number of nitrogens with zero attached hydrogens (tertiary/aromatic N) is 1. The largest absolute Gasteiger partial charge is 0.375 e. The highest BCUT2D eigenvalue weighted by Crippen LogP contribution is 2.61. The van der Waals surface area contributed by atoms with Crippen molar-refractivity contribution in [1.29, 1.82) is 0 Å². The van der Waals surface area contributed by atoms with Crippen LogP contribution in [-0.4, -0.2) is 16.8 Å². The van der Waals surface area contributed by atoms with E-state index in [1.165, 1.54) is 24.8 Å². The van der Waals surface area contributed by atoms with Gasteiger partial charge in [-0.2, -0.15) is 0 Å². The van der Waals surface area contributed by atoms with Gasteiger partial charge >= 0.3 is 0 Å². The highest BCUT2D eigenvalue weighted by Gasteiger charge is 2.58. The molecule has 0 aromatic heterocycles. The number of anilines is 1. The molecule has 7 rings (SSSR count). The molecule has 4 aliphatic carbocycles. The fourth-order valence-electron chi connectivity index (χ4n) is 7.58. The lowest BCUT2D eigenvalue weighted by Crippen LogP contribution is -2.52. The van der Waals surface area contributed by atoms with Gasteiger partial charge < -0.3 is 10.0 Å². The molecule has 1 heterocycles. The maximum absolute atomic E-state index is 13.8. The average Bonchev–Trinajstić information content (AvgIpc) is 2.96. The highest BCUT2D eigenvalue weighted by molar-refractivity contribution is 6.09. The zero-order chi connectivity index (χ0) is 22.1. The number of hydrogen-bond donors (Lipinski definition) is 1. The van der Waals surface area contributed by atoms with Crippen molar-refractivity contribution in [2.75, 3.05) is 4.90 Å². The predicted molar refractivity (Wildman–Crippen MR) is 123 cm³/mol. The van der Waals surface area contributed by atoms with Crippen LogP contribution in [-0.2, 0) is 21.7 Å². The summed E-state index contributed by atoms with van der Waals surface area (Å²) in [5, 5.41) is 11.8. The van der Waals surface area contributed by atoms with Crippen LogP contribution >= 0.6 is 0 Å². The van der Waals surface area contributed by atoms with Crippen LogP contribution in [0.15, 0.2) is 48.5 Å². The minimum atomic E-state index is -1.76. The minimum absolute atomic E-state index is 0.0978. The van der Waals surface area contributed by atoms with Crippen molar-refractivity contribution in [3.63, 3.8) is 0 Å². The molecule has 32 heavy (non-hydrogen) atoms. The maximum atomic E-state index is 13.8. The highest BCUT2D eigenvalue weighted by atomic mass is 16.3. The Hall–Kier alpha value is -2.46. The lowest BCUT2D eigenvalue weighted by Gasteiger charge is -2.56. The Labute approximate surface area is 189 Å². The second-order valence-electron chi connectivity index (χ2n) is 11.1. The second-order valence-corrected chi connectivity index (χ2v) is 11.1. The number of carbonyl (C=O) groups is 2. The first-order chi connectivity index (χ1) is 15.4. The van der Waals surface area contributed by atoms with Crippen molar-refractivity contribution >= 4 is 17.4 Å². The van der Waals surface area contributed by atoms with E-state index in [1.54, 1.807) is 4.90 Å². The second kappa shape index (κ2) is 7.02. The number of rotatable bonds is 5. The average molecular weight is 430 g/mol. The topological polar surface area (TPSA) is 57.6 Å². The zero-order valence-electron chi connectivity index (χ0n) is 18.7. The molecule has 166 valence electrons. The van der Waals surface area contributed by atoms with Gasteiger partial charge in [-0.05, 0) is 74.8 Å². The number of fused-ring (bicyclic) bond motifs is 1. The molecular weight excluding hydrogens is 398 g/mol. The monoisotopic (exact) mass is 429 g/mol. The van der Waals surface area contributed by atoms with Gasteiger partial charge in [0.1, 0.15) is 5.78 Å². The van der Waals surface area contributed by atoms with Gasteiger partial charge in [0.25, 0.3) is 5.91 Å². The van der Waals surface area contributed by atoms with Gasteiger partial charge in [0, 0.05) is 17.4 Å². The first kappa shape index (κ1) is 20.2. The fourth-order valence-corrected chi connectivity index (χ4v) is 7.58. The van der Waals surface area contributed by atoms with E-state index in [4.69, 9.17) is 0 Å². The van der Waals surface area contributed by atoms with Crippen LogP contribution in [0.1, 0.15) is 61.6 Å². The Balaban J connectivity index is 1.31. The molecule has 4 nitrogen and oxygen atoms in total. The van der Waals surface area contributed by atoms with E-state index < -0.39 is 5.60 Å². The molecule has 1 N–H and O–H groups in total. The summed E-state index contributed by atoms with van der Waals surface area (Å²) in [6, 6.07) is 15.5. The quantitative estimate of drug-likeness (QED) is 0.735. The molecule has 4 saturated carbocycles. The summed E-state index contributed by atoms with van der Waals surface area (Å²) >= 11 is 0. The summed E-state index contributed by atoms with van der Waals surface area (Å²) in [6.07, 6.45) is 6.57. The van der Waals surface area contributed by atoms with Crippen LogP contribution in [0.3, 0.4) is 0 Å². The summed E-state index contributed by atoms with van der Waals surface area (Å²) in [5.74, 6) is 1.72. The van der Waals surface area contributed by atoms with Crippen LogP contribution < -0.4 is 4.90 Å². The molecule has 4 bridgehead atoms. The summed E-state index contributed by atoms with van der Waals surface area (Å²) < 4.78 is 0. The lowest BCUT2D eigenvalue weighted by atomic mass is 9.48. The molecule has 5 aliphatic rings. The number of Topliss-reactive ketones (excluding diaryl/α,β-unsaturated/α-hetero) is 1. The first-order valence-electron chi connectivity index (χ1n) is 12.1. The van der Waals surface area contributed by atoms with Crippen molar-refractivity contribution in [2.45, 2.75) is 64.0 Å². The van der Waals surface area contributed by atoms with E-state index in [9.17, 15) is 14.7 Å². The van der Waals surface area contributed by atoms with Crippen molar-refractivity contribution < 1.29 is 14.7 Å². The molecule has 1 amide bonds. The van der Waals surface area contributed by atoms with Crippen LogP contribution in [0.2, 0.25) is 0 Å². The fraction of sp³-hybridized carbons (Fsp3) is 0.500. The van der Waals surface area contributed by atoms with Crippen LogP contribution in [0.4, 0.5) is 5.69 Å². The first-order valence-corrected chi connectivity index (χ1v) is 12.1. The molecule has 0 saturated heterocycles. The van der Waals surface area contributed by atoms with Crippen molar-refractivity contribution in [3.05, 3.63) is 65.2 Å². The van der Waals surface area contributed by atoms with E-state index in [0.717, 1.165) is 30.5 Å². The number of hydrogen-bond acceptors (Lipinski definition) is 3. The van der Waals surface area contributed by atoms with Crippen LogP contribution in [0, 0.1) is 30.1 Å². The predicted octanol–water partition coefficient (Wildman–Crippen LogP) is 4.91. The maximum Gasteiger partial charge on any atom is 0.264 e. The van der Waals surface area contributed by atoms with Crippen molar-refractivity contribution in [3.8, 4) is 0 Å². The lowest BCUT2D eigenvalue weighted by molar-refractivity contribution is -0.154. The van der Waals surface area contributed by atoms with Gasteiger partial charge in [-0.25, -0.2) is 0 Å². The van der Waals surface area contributed by atoms with Crippen molar-refractivity contribution in [1.82, 2.24) is 0 Å². The molecule has 2 aromatic rings. The molecule has 1 unspecified atom stereocenters. The van der Waals surface area contributed by atoms with Crippen LogP contribution in [0.25, 0.3) is 0 Å². The summed E-state index contributed by atoms with van der Waals surface area (Å²) in [4.78, 5) is 29.1. The number of para-hydroxylation sites is 1. The van der Waals surface area contributed by atoms with Gasteiger partial charge in [0.05, 0.1) is 12.2 Å². The van der Waals surface area contributed by atoms with Gasteiger partial charge in [-0.15, -0.1) is 0 Å². The Kier molecular flexibility index (Phi) is 4.42. The standard InChI is InChI=1S/C28H31NO3/c1-18-6-8-19(9-7-18)17-29-24-5-3-2-4-23(24)28(32,26(29)31)16-25(30)27-13-20-10-21(14-27)12-22(11-20)15-27/h2-9,20-22,32H,10-17H2,1H3. The van der Waals surface area contributed by atoms with Gasteiger partial charge in [0.2, 0.25) is 0 Å². The number of aryl methyl sites for hydroxylation is 1. The Morgan fingerprint density at radius 3 is 2.19 bits per heavy atom. The SMILES string of the molecule is Cc1ccc(CN2C(=O)C(O)(CC(=O)C34CC5CC(CC(C5)C3)C4)c3ccccc32)cc1. The Bertz CT molecular complexity index is 1050. The molecule has 1 atom stereocenters. The zero-order valence-corrected chi connectivity index (χ0v) is 18.7. The third kappa shape index (κ3) is 2.99. The normalized spacial score (nSPS) is 34.8. The Morgan fingerprint density at radius 2 is 1.56 bits per heavy atom. The number of aliphatic hydroxyl groups is 1. The number of ketones is 1. The number of carbonyl (C=O) groups excluding carboxylic acids is 2. The summed E-state index contributed by atoms with van der Waals surface area (Å²) in [5.41, 5.74) is 1.40. The summed E-state index contributed by atoms with van der Waals surface area (Å²) in [6.45, 7) is 2.43. The van der Waals surface area contributed by atoms with E-state index in [1.807, 2.05) is 55.5 Å².